The Labute approximate surface area is 100 Å². The number of nitrogens with two attached hydrogens (primary N) is 1. The van der Waals surface area contributed by atoms with E-state index in [1.54, 1.807) is 0 Å². The normalized spacial score (nSPS) is 14.8. The van der Waals surface area contributed by atoms with E-state index in [0.717, 1.165) is 13.0 Å². The van der Waals surface area contributed by atoms with Crippen molar-refractivity contribution < 1.29 is 0 Å². The summed E-state index contributed by atoms with van der Waals surface area (Å²) >= 11 is 0. The highest BCUT2D eigenvalue weighted by Crippen LogP contribution is 2.29. The second kappa shape index (κ2) is 5.49. The minimum Gasteiger partial charge on any atom is -0.330 e. The molecule has 0 aromatic heterocycles. The standard InChI is InChI=1S/C15H25N/c1-5-9-15(4,11-16)10-14-12(2)7-6-8-13(14)3/h6-8H,5,9-11,16H2,1-4H3. The first-order chi connectivity index (χ1) is 7.52. The topological polar surface area (TPSA) is 26.0 Å². The van der Waals surface area contributed by atoms with Gasteiger partial charge in [-0.25, -0.2) is 0 Å². The number of rotatable bonds is 5. The molecule has 0 saturated heterocycles. The molecule has 90 valence electrons. The lowest BCUT2D eigenvalue weighted by Crippen LogP contribution is -2.30. The SMILES string of the molecule is CCCC(C)(CN)Cc1c(C)cccc1C. The Morgan fingerprint density at radius 2 is 1.75 bits per heavy atom. The smallest absolute Gasteiger partial charge is 0.00200 e. The molecule has 2 N–H and O–H groups in total. The van der Waals surface area contributed by atoms with Crippen LogP contribution in [0.2, 0.25) is 0 Å². The van der Waals surface area contributed by atoms with Crippen LogP contribution in [0.15, 0.2) is 18.2 Å². The monoisotopic (exact) mass is 219 g/mol. The van der Waals surface area contributed by atoms with Gasteiger partial charge in [0.2, 0.25) is 0 Å². The van der Waals surface area contributed by atoms with Crippen LogP contribution in [0.4, 0.5) is 0 Å². The molecule has 0 aliphatic carbocycles. The lowest BCUT2D eigenvalue weighted by Gasteiger charge is -2.29. The number of hydrogen-bond donors (Lipinski definition) is 1. The van der Waals surface area contributed by atoms with Gasteiger partial charge in [0.1, 0.15) is 0 Å². The first-order valence-electron chi connectivity index (χ1n) is 6.27. The van der Waals surface area contributed by atoms with Gasteiger partial charge in [0.25, 0.3) is 0 Å². The van der Waals surface area contributed by atoms with Crippen molar-refractivity contribution in [3.63, 3.8) is 0 Å². The Hall–Kier alpha value is -0.820. The van der Waals surface area contributed by atoms with Crippen molar-refractivity contribution in [3.8, 4) is 0 Å². The molecule has 1 nitrogen and oxygen atoms in total. The molecule has 1 aromatic carbocycles. The molecule has 0 aliphatic heterocycles. The Kier molecular flexibility index (Phi) is 4.55. The summed E-state index contributed by atoms with van der Waals surface area (Å²) in [5, 5.41) is 0. The van der Waals surface area contributed by atoms with Gasteiger partial charge in [-0.05, 0) is 55.3 Å². The molecule has 1 unspecified atom stereocenters. The summed E-state index contributed by atoms with van der Waals surface area (Å²) in [4.78, 5) is 0. The molecule has 0 aliphatic rings. The highest BCUT2D eigenvalue weighted by atomic mass is 14.6. The lowest BCUT2D eigenvalue weighted by atomic mass is 9.78. The van der Waals surface area contributed by atoms with Crippen molar-refractivity contribution in [1.82, 2.24) is 0 Å². The molecule has 16 heavy (non-hydrogen) atoms. The maximum atomic E-state index is 5.94. The van der Waals surface area contributed by atoms with Crippen LogP contribution in [0.1, 0.15) is 43.4 Å². The van der Waals surface area contributed by atoms with Crippen LogP contribution in [-0.2, 0) is 6.42 Å². The summed E-state index contributed by atoms with van der Waals surface area (Å²) in [5.74, 6) is 0. The zero-order valence-corrected chi connectivity index (χ0v) is 11.1. The van der Waals surface area contributed by atoms with E-state index in [0.29, 0.717) is 0 Å². The van der Waals surface area contributed by atoms with Gasteiger partial charge < -0.3 is 5.73 Å². The van der Waals surface area contributed by atoms with Crippen LogP contribution >= 0.6 is 0 Å². The van der Waals surface area contributed by atoms with Crippen molar-refractivity contribution >= 4 is 0 Å². The summed E-state index contributed by atoms with van der Waals surface area (Å²) in [6.45, 7) is 9.71. The van der Waals surface area contributed by atoms with Gasteiger partial charge in [-0.15, -0.1) is 0 Å². The van der Waals surface area contributed by atoms with Crippen LogP contribution in [0.3, 0.4) is 0 Å². The summed E-state index contributed by atoms with van der Waals surface area (Å²) < 4.78 is 0. The van der Waals surface area contributed by atoms with Crippen LogP contribution in [0.25, 0.3) is 0 Å². The first-order valence-corrected chi connectivity index (χ1v) is 6.27. The lowest BCUT2D eigenvalue weighted by molar-refractivity contribution is 0.301. The Balaban J connectivity index is 2.94. The van der Waals surface area contributed by atoms with Crippen molar-refractivity contribution in [2.45, 2.75) is 47.0 Å². The summed E-state index contributed by atoms with van der Waals surface area (Å²) in [6, 6.07) is 6.53. The van der Waals surface area contributed by atoms with Gasteiger partial charge in [0.05, 0.1) is 0 Å². The van der Waals surface area contributed by atoms with E-state index in [4.69, 9.17) is 5.73 Å². The maximum Gasteiger partial charge on any atom is -0.00200 e. The van der Waals surface area contributed by atoms with Crippen molar-refractivity contribution in [3.05, 3.63) is 34.9 Å². The predicted molar refractivity (Wildman–Crippen MR) is 71.7 cm³/mol. The minimum atomic E-state index is 0.256. The molecule has 1 atom stereocenters. The largest absolute Gasteiger partial charge is 0.330 e. The molecule has 1 heteroatoms. The predicted octanol–water partition coefficient (Wildman–Crippen LogP) is 3.61. The summed E-state index contributed by atoms with van der Waals surface area (Å²) in [6.07, 6.45) is 3.52. The van der Waals surface area contributed by atoms with Crippen molar-refractivity contribution in [1.29, 1.82) is 0 Å². The van der Waals surface area contributed by atoms with Crippen LogP contribution in [0.5, 0.6) is 0 Å². The zero-order chi connectivity index (χ0) is 12.2. The third kappa shape index (κ3) is 3.08. The number of hydrogen-bond acceptors (Lipinski definition) is 1. The molecule has 1 aromatic rings. The summed E-state index contributed by atoms with van der Waals surface area (Å²) in [7, 11) is 0. The average Bonchev–Trinajstić information content (AvgIpc) is 2.24. The van der Waals surface area contributed by atoms with Gasteiger partial charge in [0, 0.05) is 0 Å². The molecule has 0 heterocycles. The van der Waals surface area contributed by atoms with Gasteiger partial charge in [-0.3, -0.25) is 0 Å². The Bertz CT molecular complexity index is 323. The maximum absolute atomic E-state index is 5.94. The van der Waals surface area contributed by atoms with E-state index in [9.17, 15) is 0 Å². The van der Waals surface area contributed by atoms with Crippen LogP contribution in [-0.4, -0.2) is 6.54 Å². The van der Waals surface area contributed by atoms with E-state index in [1.807, 2.05) is 0 Å². The van der Waals surface area contributed by atoms with Crippen LogP contribution < -0.4 is 5.73 Å². The van der Waals surface area contributed by atoms with E-state index in [1.165, 1.54) is 29.5 Å². The Morgan fingerprint density at radius 1 is 1.19 bits per heavy atom. The third-order valence-electron chi connectivity index (χ3n) is 3.59. The van der Waals surface area contributed by atoms with Gasteiger partial charge >= 0.3 is 0 Å². The van der Waals surface area contributed by atoms with Crippen molar-refractivity contribution in [2.75, 3.05) is 6.54 Å². The number of benzene rings is 1. The van der Waals surface area contributed by atoms with E-state index in [2.05, 4.69) is 45.9 Å². The van der Waals surface area contributed by atoms with Crippen LogP contribution in [0, 0.1) is 19.3 Å². The van der Waals surface area contributed by atoms with Gasteiger partial charge in [-0.2, -0.15) is 0 Å². The highest BCUT2D eigenvalue weighted by Gasteiger charge is 2.23. The molecule has 0 radical (unpaired) electrons. The van der Waals surface area contributed by atoms with Gasteiger partial charge in [-0.1, -0.05) is 38.5 Å². The van der Waals surface area contributed by atoms with Gasteiger partial charge in [0.15, 0.2) is 0 Å². The number of aryl methyl sites for hydroxylation is 2. The molecule has 0 fully saturated rings. The van der Waals surface area contributed by atoms with E-state index in [-0.39, 0.29) is 5.41 Å². The zero-order valence-electron chi connectivity index (χ0n) is 11.1. The molecule has 0 saturated carbocycles. The molecular formula is C15H25N. The fourth-order valence-corrected chi connectivity index (χ4v) is 2.42. The molecular weight excluding hydrogens is 194 g/mol. The average molecular weight is 219 g/mol. The molecule has 0 bridgehead atoms. The van der Waals surface area contributed by atoms with Crippen molar-refractivity contribution in [2.24, 2.45) is 11.1 Å². The molecule has 1 rings (SSSR count). The fourth-order valence-electron chi connectivity index (χ4n) is 2.42. The van der Waals surface area contributed by atoms with E-state index >= 15 is 0 Å². The van der Waals surface area contributed by atoms with E-state index < -0.39 is 0 Å². The first kappa shape index (κ1) is 13.2. The third-order valence-corrected chi connectivity index (χ3v) is 3.59. The second-order valence-corrected chi connectivity index (χ2v) is 5.31. The fraction of sp³-hybridized carbons (Fsp3) is 0.600. The Morgan fingerprint density at radius 3 is 2.19 bits per heavy atom. The summed E-state index contributed by atoms with van der Waals surface area (Å²) in [5.41, 5.74) is 10.5. The second-order valence-electron chi connectivity index (χ2n) is 5.31. The minimum absolute atomic E-state index is 0.256. The molecule has 0 amide bonds. The quantitative estimate of drug-likeness (QED) is 0.804. The molecule has 0 spiro atoms. The highest BCUT2D eigenvalue weighted by molar-refractivity contribution is 5.34.